The molecule has 4 rings (SSSR count). The predicted molar refractivity (Wildman–Crippen MR) is 110 cm³/mol. The molecule has 0 aliphatic rings. The maximum absolute atomic E-state index is 6.34. The monoisotopic (exact) mass is 401 g/mol. The summed E-state index contributed by atoms with van der Waals surface area (Å²) < 4.78 is 8.05. The number of anilines is 1. The number of nitrogens with two attached hydrogens (primary N) is 1. The van der Waals surface area contributed by atoms with Gasteiger partial charge in [0.2, 0.25) is 0 Å². The van der Waals surface area contributed by atoms with Gasteiger partial charge in [-0.05, 0) is 24.4 Å². The Morgan fingerprint density at radius 1 is 1.41 bits per heavy atom. The molecule has 3 N–H and O–H groups in total. The molecule has 0 unspecified atom stereocenters. The van der Waals surface area contributed by atoms with Crippen LogP contribution >= 0.6 is 22.9 Å². The van der Waals surface area contributed by atoms with Crippen LogP contribution in [0.25, 0.3) is 22.4 Å². The molecular weight excluding hydrogens is 382 g/mol. The lowest BCUT2D eigenvalue weighted by Gasteiger charge is -2.06. The molecule has 0 spiro atoms. The Hall–Kier alpha value is -2.35. The van der Waals surface area contributed by atoms with E-state index in [1.165, 1.54) is 4.88 Å². The molecule has 8 heteroatoms. The number of rotatable bonds is 6. The van der Waals surface area contributed by atoms with Crippen molar-refractivity contribution >= 4 is 39.7 Å². The molecule has 0 fully saturated rings. The van der Waals surface area contributed by atoms with E-state index in [4.69, 9.17) is 21.8 Å². The maximum atomic E-state index is 6.34. The van der Waals surface area contributed by atoms with Crippen molar-refractivity contribution in [2.75, 3.05) is 5.32 Å². The first-order valence-electron chi connectivity index (χ1n) is 8.65. The molecule has 0 bridgehead atoms. The van der Waals surface area contributed by atoms with Crippen LogP contribution in [0.3, 0.4) is 0 Å². The van der Waals surface area contributed by atoms with Crippen molar-refractivity contribution in [3.8, 4) is 11.3 Å². The Balaban J connectivity index is 1.86. The van der Waals surface area contributed by atoms with Gasteiger partial charge in [0.15, 0.2) is 5.58 Å². The summed E-state index contributed by atoms with van der Waals surface area (Å²) >= 11 is 8.03. The second-order valence-electron chi connectivity index (χ2n) is 6.52. The van der Waals surface area contributed by atoms with Crippen molar-refractivity contribution in [3.63, 3.8) is 0 Å². The first-order valence-corrected chi connectivity index (χ1v) is 9.91. The molecule has 0 aliphatic heterocycles. The summed E-state index contributed by atoms with van der Waals surface area (Å²) in [5.41, 5.74) is 10.1. The lowest BCUT2D eigenvalue weighted by Crippen LogP contribution is -2.17. The lowest BCUT2D eigenvalue weighted by atomic mass is 10.1. The molecule has 27 heavy (non-hydrogen) atoms. The number of hydrogen-bond acceptors (Lipinski definition) is 6. The number of nitrogens with zero attached hydrogens (tertiary/aromatic N) is 3. The van der Waals surface area contributed by atoms with Crippen molar-refractivity contribution in [1.82, 2.24) is 14.8 Å². The molecule has 1 atom stereocenters. The summed E-state index contributed by atoms with van der Waals surface area (Å²) in [7, 11) is 1.89. The molecule has 0 aromatic carbocycles. The van der Waals surface area contributed by atoms with Crippen molar-refractivity contribution in [3.05, 3.63) is 51.6 Å². The van der Waals surface area contributed by atoms with Gasteiger partial charge < -0.3 is 15.5 Å². The molecule has 0 saturated carbocycles. The number of nitrogens with one attached hydrogen (secondary N) is 1. The highest BCUT2D eigenvalue weighted by Gasteiger charge is 2.23. The fraction of sp³-hybridized carbons (Fsp3) is 0.263. The summed E-state index contributed by atoms with van der Waals surface area (Å²) in [6.45, 7) is 2.65. The van der Waals surface area contributed by atoms with E-state index in [1.807, 2.05) is 26.1 Å². The Labute approximate surface area is 166 Å². The van der Waals surface area contributed by atoms with Crippen LogP contribution in [-0.2, 0) is 20.0 Å². The molecule has 4 aromatic heterocycles. The smallest absolute Gasteiger partial charge is 0.176 e. The first-order chi connectivity index (χ1) is 13.0. The second-order valence-corrected chi connectivity index (χ2v) is 7.94. The van der Waals surface area contributed by atoms with Crippen molar-refractivity contribution in [2.24, 2.45) is 12.8 Å². The summed E-state index contributed by atoms with van der Waals surface area (Å²) in [5.74, 6) is 0.789. The number of pyridine rings is 1. The summed E-state index contributed by atoms with van der Waals surface area (Å²) in [6, 6.07) is 7.81. The zero-order chi connectivity index (χ0) is 19.0. The highest BCUT2D eigenvalue weighted by atomic mass is 35.5. The van der Waals surface area contributed by atoms with Crippen molar-refractivity contribution < 1.29 is 4.42 Å². The molecule has 0 saturated heterocycles. The fourth-order valence-corrected chi connectivity index (χ4v) is 3.97. The normalized spacial score (nSPS) is 12.6. The number of aromatic nitrogens is 3. The van der Waals surface area contributed by atoms with Crippen LogP contribution in [0.1, 0.15) is 17.6 Å². The van der Waals surface area contributed by atoms with Crippen LogP contribution < -0.4 is 11.1 Å². The summed E-state index contributed by atoms with van der Waals surface area (Å²) in [5, 5.41) is 10.2. The van der Waals surface area contributed by atoms with Gasteiger partial charge in [-0.3, -0.25) is 4.68 Å². The van der Waals surface area contributed by atoms with Gasteiger partial charge in [0, 0.05) is 43.2 Å². The Bertz CT molecular complexity index is 1070. The average Bonchev–Trinajstić information content (AvgIpc) is 3.32. The lowest BCUT2D eigenvalue weighted by molar-refractivity contribution is 0.526. The number of hydrogen-bond donors (Lipinski definition) is 2. The first kappa shape index (κ1) is 18.0. The Morgan fingerprint density at radius 2 is 2.26 bits per heavy atom. The molecule has 4 aromatic rings. The van der Waals surface area contributed by atoms with E-state index in [0.29, 0.717) is 23.7 Å². The number of fused-ring (bicyclic) bond motifs is 1. The highest BCUT2D eigenvalue weighted by molar-refractivity contribution is 7.09. The average molecular weight is 402 g/mol. The molecule has 6 nitrogen and oxygen atoms in total. The van der Waals surface area contributed by atoms with Crippen LogP contribution in [0.2, 0.25) is 5.15 Å². The topological polar surface area (TPSA) is 81.9 Å². The number of aryl methyl sites for hydroxylation is 1. The van der Waals surface area contributed by atoms with E-state index in [9.17, 15) is 0 Å². The Kier molecular flexibility index (Phi) is 4.90. The minimum Gasteiger partial charge on any atom is -0.456 e. The van der Waals surface area contributed by atoms with E-state index in [0.717, 1.165) is 28.2 Å². The quantitative estimate of drug-likeness (QED) is 0.466. The van der Waals surface area contributed by atoms with Crippen LogP contribution in [0.4, 0.5) is 5.69 Å². The zero-order valence-electron chi connectivity index (χ0n) is 15.1. The minimum atomic E-state index is -0.0458. The number of halogens is 1. The van der Waals surface area contributed by atoms with Gasteiger partial charge in [-0.1, -0.05) is 17.7 Å². The fourth-order valence-electron chi connectivity index (χ4n) is 3.13. The largest absolute Gasteiger partial charge is 0.456 e. The van der Waals surface area contributed by atoms with Gasteiger partial charge in [-0.25, -0.2) is 4.98 Å². The molecule has 0 aliphatic carbocycles. The third-order valence-electron chi connectivity index (χ3n) is 4.30. The van der Waals surface area contributed by atoms with E-state index in [-0.39, 0.29) is 6.04 Å². The molecule has 0 radical (unpaired) electrons. The second kappa shape index (κ2) is 7.34. The van der Waals surface area contributed by atoms with Crippen LogP contribution in [-0.4, -0.2) is 20.8 Å². The molecular formula is C19H20ClN5OS. The molecule has 140 valence electrons. The third kappa shape index (κ3) is 3.58. The van der Waals surface area contributed by atoms with E-state index in [1.54, 1.807) is 28.3 Å². The minimum absolute atomic E-state index is 0.0458. The van der Waals surface area contributed by atoms with Crippen LogP contribution in [0.15, 0.2) is 40.3 Å². The van der Waals surface area contributed by atoms with Crippen molar-refractivity contribution in [2.45, 2.75) is 25.9 Å². The standard InChI is InChI=1S/C19H20ClN5OS/c1-11(21)8-15-17(14-5-6-23-25(14)2)18-19(26-15)13(9-16(20)24-18)22-10-12-4-3-7-27-12/h3-7,9,11H,8,10,21H2,1-2H3,(H,22,24)/t11-/m0/s1. The molecule has 0 amide bonds. The van der Waals surface area contributed by atoms with E-state index >= 15 is 0 Å². The van der Waals surface area contributed by atoms with E-state index < -0.39 is 0 Å². The van der Waals surface area contributed by atoms with E-state index in [2.05, 4.69) is 26.8 Å². The zero-order valence-corrected chi connectivity index (χ0v) is 16.6. The van der Waals surface area contributed by atoms with Gasteiger partial charge in [-0.2, -0.15) is 5.10 Å². The number of thiophene rings is 1. The van der Waals surface area contributed by atoms with Gasteiger partial charge >= 0.3 is 0 Å². The van der Waals surface area contributed by atoms with Crippen LogP contribution in [0.5, 0.6) is 0 Å². The van der Waals surface area contributed by atoms with Crippen LogP contribution in [0, 0.1) is 0 Å². The van der Waals surface area contributed by atoms with Gasteiger partial charge in [0.25, 0.3) is 0 Å². The highest BCUT2D eigenvalue weighted by Crippen LogP contribution is 2.38. The third-order valence-corrected chi connectivity index (χ3v) is 5.37. The van der Waals surface area contributed by atoms with Crippen molar-refractivity contribution in [1.29, 1.82) is 0 Å². The van der Waals surface area contributed by atoms with Gasteiger partial charge in [0.1, 0.15) is 16.4 Å². The predicted octanol–water partition coefficient (Wildman–Crippen LogP) is 4.45. The SMILES string of the molecule is C[C@H](N)Cc1oc2c(NCc3cccs3)cc(Cl)nc2c1-c1ccnn1C. The molecule has 4 heterocycles. The maximum Gasteiger partial charge on any atom is 0.176 e. The van der Waals surface area contributed by atoms with Gasteiger partial charge in [-0.15, -0.1) is 11.3 Å². The summed E-state index contributed by atoms with van der Waals surface area (Å²) in [6.07, 6.45) is 2.35. The Morgan fingerprint density at radius 3 is 2.93 bits per heavy atom. The number of furan rings is 1. The van der Waals surface area contributed by atoms with Gasteiger partial charge in [0.05, 0.1) is 16.9 Å². The summed E-state index contributed by atoms with van der Waals surface area (Å²) in [4.78, 5) is 5.79.